The number of carbonyl (C=O) groups is 1. The highest BCUT2D eigenvalue weighted by Gasteiger charge is 2.25. The number of benzene rings is 2. The van der Waals surface area contributed by atoms with Gasteiger partial charge in [-0.1, -0.05) is 23.9 Å². The molecule has 6 rings (SSSR count). The topological polar surface area (TPSA) is 78.8 Å². The van der Waals surface area contributed by atoms with Gasteiger partial charge in [-0.15, -0.1) is 0 Å². The Balaban J connectivity index is 1.13. The molecule has 0 spiro atoms. The van der Waals surface area contributed by atoms with Crippen LogP contribution in [-0.2, 0) is 6.54 Å². The molecule has 0 atom stereocenters. The Hall–Kier alpha value is -3.36. The molecule has 7 nitrogen and oxygen atoms in total. The molecule has 0 bridgehead atoms. The van der Waals surface area contributed by atoms with E-state index in [0.29, 0.717) is 6.04 Å². The number of rotatable bonds is 9. The van der Waals surface area contributed by atoms with E-state index in [1.54, 1.807) is 11.8 Å². The summed E-state index contributed by atoms with van der Waals surface area (Å²) in [7, 11) is 0. The van der Waals surface area contributed by atoms with Gasteiger partial charge in [0.05, 0.1) is 29.5 Å². The van der Waals surface area contributed by atoms with E-state index >= 15 is 0 Å². The number of aromatic nitrogens is 4. The van der Waals surface area contributed by atoms with E-state index in [4.69, 9.17) is 0 Å². The van der Waals surface area contributed by atoms with Gasteiger partial charge >= 0.3 is 0 Å². The van der Waals surface area contributed by atoms with Gasteiger partial charge in [-0.2, -0.15) is 10.2 Å². The fourth-order valence-electron chi connectivity index (χ4n) is 4.58. The van der Waals surface area contributed by atoms with E-state index in [0.717, 1.165) is 63.4 Å². The lowest BCUT2D eigenvalue weighted by Gasteiger charge is -2.13. The molecule has 184 valence electrons. The molecule has 2 aromatic heterocycles. The first kappa shape index (κ1) is 23.1. The minimum absolute atomic E-state index is 0.00927. The Morgan fingerprint density at radius 1 is 1.11 bits per heavy atom. The minimum Gasteiger partial charge on any atom is -0.349 e. The van der Waals surface area contributed by atoms with Gasteiger partial charge in [0.25, 0.3) is 5.91 Å². The minimum atomic E-state index is 0.00927. The first-order valence-electron chi connectivity index (χ1n) is 12.7. The molecule has 1 saturated heterocycles. The van der Waals surface area contributed by atoms with E-state index in [-0.39, 0.29) is 5.91 Å². The molecule has 2 N–H and O–H groups in total. The predicted octanol–water partition coefficient (Wildman–Crippen LogP) is 5.07. The third-order valence-corrected chi connectivity index (χ3v) is 7.83. The van der Waals surface area contributed by atoms with Gasteiger partial charge in [0.1, 0.15) is 0 Å². The van der Waals surface area contributed by atoms with Gasteiger partial charge in [0.2, 0.25) is 0 Å². The van der Waals surface area contributed by atoms with Crippen LogP contribution in [0.15, 0.2) is 64.6 Å². The summed E-state index contributed by atoms with van der Waals surface area (Å²) in [5, 5.41) is 16.3. The van der Waals surface area contributed by atoms with Gasteiger partial charge in [0.15, 0.2) is 0 Å². The summed E-state index contributed by atoms with van der Waals surface area (Å²) in [6.07, 6.45) is 12.9. The van der Waals surface area contributed by atoms with Crippen molar-refractivity contribution in [1.82, 2.24) is 30.2 Å². The second-order valence-corrected chi connectivity index (χ2v) is 10.7. The number of H-pyrrole nitrogens is 1. The van der Waals surface area contributed by atoms with Crippen molar-refractivity contribution < 1.29 is 4.79 Å². The fourth-order valence-corrected chi connectivity index (χ4v) is 5.57. The lowest BCUT2D eigenvalue weighted by atomic mass is 10.2. The molecule has 1 amide bonds. The lowest BCUT2D eigenvalue weighted by Crippen LogP contribution is -2.25. The number of hydrogen-bond donors (Lipinski definition) is 2. The average molecular weight is 499 g/mol. The van der Waals surface area contributed by atoms with Crippen LogP contribution in [-0.4, -0.2) is 56.5 Å². The second-order valence-electron chi connectivity index (χ2n) is 9.58. The van der Waals surface area contributed by atoms with Crippen LogP contribution in [0, 0.1) is 0 Å². The zero-order valence-electron chi connectivity index (χ0n) is 20.2. The Labute approximate surface area is 215 Å². The third kappa shape index (κ3) is 5.39. The molecule has 1 aliphatic carbocycles. The van der Waals surface area contributed by atoms with Crippen molar-refractivity contribution in [2.75, 3.05) is 19.6 Å². The zero-order chi connectivity index (χ0) is 24.3. The lowest BCUT2D eigenvalue weighted by molar-refractivity contribution is 0.0948. The molecule has 8 heteroatoms. The molecule has 36 heavy (non-hydrogen) atoms. The molecule has 2 aromatic carbocycles. The van der Waals surface area contributed by atoms with E-state index < -0.39 is 0 Å². The number of amides is 1. The van der Waals surface area contributed by atoms with Gasteiger partial charge in [-0.05, 0) is 81.3 Å². The van der Waals surface area contributed by atoms with Crippen LogP contribution < -0.4 is 5.32 Å². The smallest absolute Gasteiger partial charge is 0.252 e. The molecule has 2 fully saturated rings. The molecule has 0 radical (unpaired) electrons. The van der Waals surface area contributed by atoms with Gasteiger partial charge in [0, 0.05) is 39.5 Å². The maximum absolute atomic E-state index is 12.7. The Bertz CT molecular complexity index is 1400. The van der Waals surface area contributed by atoms with Gasteiger partial charge in [-0.3, -0.25) is 14.6 Å². The SMILES string of the molecule is O=C(NC1CC1)c1ccccc1Sc1ccc2c(/C=C/c3cnn(CCN4CCCC4)c3)n[nH]c2c1. The predicted molar refractivity (Wildman–Crippen MR) is 144 cm³/mol. The molecule has 1 aliphatic heterocycles. The summed E-state index contributed by atoms with van der Waals surface area (Å²) in [5.74, 6) is 0.00927. The number of carbonyl (C=O) groups excluding carboxylic acids is 1. The Kier molecular flexibility index (Phi) is 6.61. The van der Waals surface area contributed by atoms with Crippen molar-refractivity contribution in [3.8, 4) is 0 Å². The van der Waals surface area contributed by atoms with E-state index in [2.05, 4.69) is 56.0 Å². The van der Waals surface area contributed by atoms with Crippen LogP contribution in [0.3, 0.4) is 0 Å². The fraction of sp³-hybridized carbons (Fsp3) is 0.321. The highest BCUT2D eigenvalue weighted by molar-refractivity contribution is 7.99. The Morgan fingerprint density at radius 2 is 1.97 bits per heavy atom. The zero-order valence-corrected chi connectivity index (χ0v) is 21.0. The molecular formula is C28H30N6OS. The van der Waals surface area contributed by atoms with E-state index in [1.807, 2.05) is 41.2 Å². The highest BCUT2D eigenvalue weighted by atomic mass is 32.2. The van der Waals surface area contributed by atoms with Crippen LogP contribution in [0.25, 0.3) is 23.1 Å². The van der Waals surface area contributed by atoms with Crippen molar-refractivity contribution in [2.24, 2.45) is 0 Å². The molecule has 3 heterocycles. The van der Waals surface area contributed by atoms with E-state index in [9.17, 15) is 4.79 Å². The second kappa shape index (κ2) is 10.3. The maximum atomic E-state index is 12.7. The van der Waals surface area contributed by atoms with Crippen molar-refractivity contribution in [2.45, 2.75) is 48.1 Å². The normalized spacial score (nSPS) is 16.3. The first-order chi connectivity index (χ1) is 17.7. The summed E-state index contributed by atoms with van der Waals surface area (Å²) < 4.78 is 2.02. The van der Waals surface area contributed by atoms with Crippen LogP contribution in [0.1, 0.15) is 47.3 Å². The maximum Gasteiger partial charge on any atom is 0.252 e. The number of hydrogen-bond acceptors (Lipinski definition) is 5. The number of nitrogens with zero attached hydrogens (tertiary/aromatic N) is 4. The summed E-state index contributed by atoms with van der Waals surface area (Å²) in [4.78, 5) is 17.2. The number of fused-ring (bicyclic) bond motifs is 1. The molecular weight excluding hydrogens is 468 g/mol. The number of nitrogens with one attached hydrogen (secondary N) is 2. The number of likely N-dealkylation sites (tertiary alicyclic amines) is 1. The molecule has 2 aliphatic rings. The summed E-state index contributed by atoms with van der Waals surface area (Å²) >= 11 is 1.60. The monoisotopic (exact) mass is 498 g/mol. The summed E-state index contributed by atoms with van der Waals surface area (Å²) in [6, 6.07) is 14.4. The third-order valence-electron chi connectivity index (χ3n) is 6.77. The van der Waals surface area contributed by atoms with Crippen LogP contribution in [0.5, 0.6) is 0 Å². The van der Waals surface area contributed by atoms with Gasteiger partial charge < -0.3 is 10.2 Å². The van der Waals surface area contributed by atoms with Gasteiger partial charge in [-0.25, -0.2) is 0 Å². The highest BCUT2D eigenvalue weighted by Crippen LogP contribution is 2.33. The van der Waals surface area contributed by atoms with E-state index in [1.165, 1.54) is 25.9 Å². The van der Waals surface area contributed by atoms with Crippen LogP contribution in [0.4, 0.5) is 0 Å². The van der Waals surface area contributed by atoms with Crippen LogP contribution in [0.2, 0.25) is 0 Å². The quantitative estimate of drug-likeness (QED) is 0.337. The number of aromatic amines is 1. The summed E-state index contributed by atoms with van der Waals surface area (Å²) in [6.45, 7) is 4.40. The Morgan fingerprint density at radius 3 is 2.83 bits per heavy atom. The average Bonchev–Trinajstić information content (AvgIpc) is 3.27. The standard InChI is InChI=1S/C28H30N6OS/c35-28(30-21-8-9-21)24-5-1-2-6-27(24)36-22-10-11-23-25(31-32-26(23)17-22)12-7-20-18-29-34(19-20)16-15-33-13-3-4-14-33/h1-2,5-7,10-12,17-19,21H,3-4,8-9,13-16H2,(H,30,35)(H,31,32)/b12-7+. The van der Waals surface area contributed by atoms with Crippen molar-refractivity contribution in [1.29, 1.82) is 0 Å². The molecule has 1 saturated carbocycles. The largest absolute Gasteiger partial charge is 0.349 e. The summed E-state index contributed by atoms with van der Waals surface area (Å²) in [5.41, 5.74) is 3.67. The van der Waals surface area contributed by atoms with Crippen molar-refractivity contribution in [3.63, 3.8) is 0 Å². The van der Waals surface area contributed by atoms with Crippen molar-refractivity contribution in [3.05, 3.63) is 71.7 Å². The first-order valence-corrected chi connectivity index (χ1v) is 13.5. The molecule has 0 unspecified atom stereocenters. The molecule has 4 aromatic rings. The van der Waals surface area contributed by atoms with Crippen molar-refractivity contribution >= 4 is 40.7 Å². The van der Waals surface area contributed by atoms with Crippen LogP contribution >= 0.6 is 11.8 Å².